The maximum absolute atomic E-state index is 13.1. The van der Waals surface area contributed by atoms with Crippen LogP contribution in [0.1, 0.15) is 42.5 Å². The quantitative estimate of drug-likeness (QED) is 0.750. The minimum Gasteiger partial charge on any atom is -0.352 e. The van der Waals surface area contributed by atoms with Crippen molar-refractivity contribution in [1.29, 1.82) is 0 Å². The summed E-state index contributed by atoms with van der Waals surface area (Å²) in [7, 11) is 1.91. The maximum Gasteiger partial charge on any atom is 0.227 e. The Kier molecular flexibility index (Phi) is 7.42. The van der Waals surface area contributed by atoms with E-state index in [2.05, 4.69) is 22.3 Å². The molecule has 5 nitrogen and oxygen atoms in total. The van der Waals surface area contributed by atoms with Crippen molar-refractivity contribution in [2.24, 2.45) is 0 Å². The van der Waals surface area contributed by atoms with Crippen LogP contribution in [0.25, 0.3) is 0 Å². The Balaban J connectivity index is 1.70. The number of hydrogen-bond donors (Lipinski definition) is 1. The molecular formula is C24H31N3O2. The molecule has 29 heavy (non-hydrogen) atoms. The van der Waals surface area contributed by atoms with E-state index in [1.54, 1.807) is 0 Å². The van der Waals surface area contributed by atoms with Crippen LogP contribution >= 0.6 is 0 Å². The van der Waals surface area contributed by atoms with Gasteiger partial charge in [0.25, 0.3) is 0 Å². The molecule has 1 fully saturated rings. The molecule has 0 aromatic heterocycles. The third-order valence-electron chi connectivity index (χ3n) is 5.56. The monoisotopic (exact) mass is 393 g/mol. The predicted molar refractivity (Wildman–Crippen MR) is 115 cm³/mol. The van der Waals surface area contributed by atoms with Crippen LogP contribution < -0.4 is 5.32 Å². The van der Waals surface area contributed by atoms with Crippen LogP contribution in [-0.2, 0) is 22.6 Å². The first-order valence-corrected chi connectivity index (χ1v) is 10.4. The van der Waals surface area contributed by atoms with E-state index in [1.807, 2.05) is 54.4 Å². The first-order chi connectivity index (χ1) is 14.0. The van der Waals surface area contributed by atoms with Crippen molar-refractivity contribution in [3.63, 3.8) is 0 Å². The number of nitrogens with zero attached hydrogens (tertiary/aromatic N) is 2. The van der Waals surface area contributed by atoms with Crippen molar-refractivity contribution in [1.82, 2.24) is 15.1 Å². The summed E-state index contributed by atoms with van der Waals surface area (Å²) in [6, 6.07) is 18.2. The molecule has 5 heteroatoms. The van der Waals surface area contributed by atoms with Crippen LogP contribution in [0.2, 0.25) is 0 Å². The molecule has 0 aliphatic carbocycles. The van der Waals surface area contributed by atoms with Crippen molar-refractivity contribution in [2.75, 3.05) is 26.7 Å². The van der Waals surface area contributed by atoms with Gasteiger partial charge in [0.05, 0.1) is 12.5 Å². The molecule has 2 aromatic carbocycles. The molecule has 0 bridgehead atoms. The lowest BCUT2D eigenvalue weighted by Gasteiger charge is -2.32. The molecule has 0 spiro atoms. The Morgan fingerprint density at radius 3 is 2.41 bits per heavy atom. The van der Waals surface area contributed by atoms with Gasteiger partial charge in [0.1, 0.15) is 0 Å². The van der Waals surface area contributed by atoms with Gasteiger partial charge in [-0.15, -0.1) is 0 Å². The summed E-state index contributed by atoms with van der Waals surface area (Å²) in [5, 5.41) is 2.81. The second-order valence-corrected chi connectivity index (χ2v) is 7.85. The molecule has 0 radical (unpaired) electrons. The van der Waals surface area contributed by atoms with Crippen LogP contribution in [0.3, 0.4) is 0 Å². The van der Waals surface area contributed by atoms with Gasteiger partial charge in [0, 0.05) is 27.1 Å². The Labute approximate surface area is 173 Å². The average molecular weight is 394 g/mol. The van der Waals surface area contributed by atoms with Gasteiger partial charge in [-0.25, -0.2) is 0 Å². The second-order valence-electron chi connectivity index (χ2n) is 7.85. The average Bonchev–Trinajstić information content (AvgIpc) is 3.24. The Bertz CT molecular complexity index is 816. The first kappa shape index (κ1) is 21.1. The van der Waals surface area contributed by atoms with Crippen molar-refractivity contribution >= 4 is 11.8 Å². The lowest BCUT2D eigenvalue weighted by atomic mass is 10.0. The topological polar surface area (TPSA) is 52.7 Å². The van der Waals surface area contributed by atoms with Gasteiger partial charge in [-0.2, -0.15) is 0 Å². The molecular weight excluding hydrogens is 362 g/mol. The standard InChI is InChI=1S/C24H31N3O2/c1-19(28)25-17-21-10-8-9-20(15-21)16-24(29)26(2)23(18-27-13-6-7-14-27)22-11-4-3-5-12-22/h3-5,8-12,15,23H,6-7,13-14,16-18H2,1-2H3,(H,25,28)/t23-/m1/s1. The van der Waals surface area contributed by atoms with E-state index in [0.29, 0.717) is 13.0 Å². The number of rotatable bonds is 8. The molecule has 3 rings (SSSR count). The number of hydrogen-bond acceptors (Lipinski definition) is 3. The fraction of sp³-hybridized carbons (Fsp3) is 0.417. The minimum atomic E-state index is -0.0566. The number of carbonyl (C=O) groups is 2. The first-order valence-electron chi connectivity index (χ1n) is 10.4. The van der Waals surface area contributed by atoms with Crippen molar-refractivity contribution in [3.05, 3.63) is 71.3 Å². The highest BCUT2D eigenvalue weighted by Gasteiger charge is 2.25. The maximum atomic E-state index is 13.1. The Morgan fingerprint density at radius 1 is 1.03 bits per heavy atom. The van der Waals surface area contributed by atoms with Crippen molar-refractivity contribution in [2.45, 2.75) is 38.8 Å². The molecule has 2 amide bonds. The zero-order valence-corrected chi connectivity index (χ0v) is 17.4. The highest BCUT2D eigenvalue weighted by molar-refractivity contribution is 5.79. The number of benzene rings is 2. The van der Waals surface area contributed by atoms with E-state index in [0.717, 1.165) is 30.8 Å². The number of likely N-dealkylation sites (N-methyl/N-ethyl adjacent to an activating group) is 1. The Morgan fingerprint density at radius 2 is 1.72 bits per heavy atom. The SMILES string of the molecule is CC(=O)NCc1cccc(CC(=O)N(C)[C@H](CN2CCCC2)c2ccccc2)c1. The van der Waals surface area contributed by atoms with E-state index in [4.69, 9.17) is 0 Å². The Hall–Kier alpha value is -2.66. The van der Waals surface area contributed by atoms with Crippen LogP contribution in [-0.4, -0.2) is 48.3 Å². The summed E-state index contributed by atoms with van der Waals surface area (Å²) in [5.41, 5.74) is 3.15. The summed E-state index contributed by atoms with van der Waals surface area (Å²) in [5.74, 6) is 0.0496. The van der Waals surface area contributed by atoms with Crippen LogP contribution in [0.15, 0.2) is 54.6 Å². The van der Waals surface area contributed by atoms with Crippen LogP contribution in [0.5, 0.6) is 0 Å². The molecule has 1 aliphatic heterocycles. The van der Waals surface area contributed by atoms with Gasteiger partial charge in [0.2, 0.25) is 11.8 Å². The summed E-state index contributed by atoms with van der Waals surface area (Å²) in [6.45, 7) is 5.07. The number of likely N-dealkylation sites (tertiary alicyclic amines) is 1. The molecule has 1 atom stereocenters. The third-order valence-corrected chi connectivity index (χ3v) is 5.56. The number of carbonyl (C=O) groups excluding carboxylic acids is 2. The van der Waals surface area contributed by atoms with Crippen LogP contribution in [0.4, 0.5) is 0 Å². The molecule has 1 N–H and O–H groups in total. The summed E-state index contributed by atoms with van der Waals surface area (Å²) in [6.07, 6.45) is 2.83. The molecule has 154 valence electrons. The highest BCUT2D eigenvalue weighted by atomic mass is 16.2. The predicted octanol–water partition coefficient (Wildman–Crippen LogP) is 3.16. The van der Waals surface area contributed by atoms with Gasteiger partial charge < -0.3 is 15.1 Å². The number of amides is 2. The molecule has 1 aliphatic rings. The van der Waals surface area contributed by atoms with E-state index >= 15 is 0 Å². The van der Waals surface area contributed by atoms with Crippen LogP contribution in [0, 0.1) is 0 Å². The van der Waals surface area contributed by atoms with Gasteiger partial charge >= 0.3 is 0 Å². The molecule has 2 aromatic rings. The molecule has 1 saturated heterocycles. The van der Waals surface area contributed by atoms with Gasteiger partial charge in [-0.05, 0) is 42.6 Å². The molecule has 0 saturated carbocycles. The third kappa shape index (κ3) is 6.16. The largest absolute Gasteiger partial charge is 0.352 e. The minimum absolute atomic E-state index is 0.0457. The fourth-order valence-corrected chi connectivity index (χ4v) is 3.89. The van der Waals surface area contributed by atoms with Gasteiger partial charge in [0.15, 0.2) is 0 Å². The zero-order chi connectivity index (χ0) is 20.6. The van der Waals surface area contributed by atoms with E-state index in [-0.39, 0.29) is 17.9 Å². The summed E-state index contributed by atoms with van der Waals surface area (Å²) >= 11 is 0. The number of nitrogens with one attached hydrogen (secondary N) is 1. The normalized spacial score (nSPS) is 15.1. The van der Waals surface area contributed by atoms with Crippen molar-refractivity contribution in [3.8, 4) is 0 Å². The van der Waals surface area contributed by atoms with Crippen molar-refractivity contribution < 1.29 is 9.59 Å². The fourth-order valence-electron chi connectivity index (χ4n) is 3.89. The summed E-state index contributed by atoms with van der Waals surface area (Å²) in [4.78, 5) is 28.6. The summed E-state index contributed by atoms with van der Waals surface area (Å²) < 4.78 is 0. The molecule has 1 heterocycles. The zero-order valence-electron chi connectivity index (χ0n) is 17.4. The highest BCUT2D eigenvalue weighted by Crippen LogP contribution is 2.23. The molecule has 0 unspecified atom stereocenters. The lowest BCUT2D eigenvalue weighted by molar-refractivity contribution is -0.131. The van der Waals surface area contributed by atoms with E-state index < -0.39 is 0 Å². The van der Waals surface area contributed by atoms with Gasteiger partial charge in [-0.3, -0.25) is 9.59 Å². The lowest BCUT2D eigenvalue weighted by Crippen LogP contribution is -2.39. The second kappa shape index (κ2) is 10.2. The van der Waals surface area contributed by atoms with E-state index in [1.165, 1.54) is 25.3 Å². The van der Waals surface area contributed by atoms with Gasteiger partial charge in [-0.1, -0.05) is 54.6 Å². The smallest absolute Gasteiger partial charge is 0.227 e. The van der Waals surface area contributed by atoms with E-state index in [9.17, 15) is 9.59 Å².